The lowest BCUT2D eigenvalue weighted by Gasteiger charge is -2.56. The number of carbonyl (C=O) groups is 3. The summed E-state index contributed by atoms with van der Waals surface area (Å²) in [6.07, 6.45) is 14.6. The lowest BCUT2D eigenvalue weighted by molar-refractivity contribution is -0.142. The van der Waals surface area contributed by atoms with Crippen LogP contribution in [0.25, 0.3) is 21.9 Å². The van der Waals surface area contributed by atoms with Crippen LogP contribution in [-0.4, -0.2) is 133 Å². The predicted octanol–water partition coefficient (Wildman–Crippen LogP) is 4.16. The molecule has 3 aromatic rings. The van der Waals surface area contributed by atoms with E-state index in [0.717, 1.165) is 135 Å². The van der Waals surface area contributed by atoms with Gasteiger partial charge in [-0.3, -0.25) is 29.4 Å². The van der Waals surface area contributed by atoms with E-state index < -0.39 is 6.04 Å². The van der Waals surface area contributed by atoms with E-state index in [1.165, 1.54) is 12.8 Å². The third kappa shape index (κ3) is 7.36. The largest absolute Gasteiger partial charge is 0.496 e. The van der Waals surface area contributed by atoms with Gasteiger partial charge < -0.3 is 33.6 Å². The van der Waals surface area contributed by atoms with Gasteiger partial charge in [0, 0.05) is 105 Å². The summed E-state index contributed by atoms with van der Waals surface area (Å²) in [4.78, 5) is 67.3. The number of ether oxygens (including phenoxy) is 2. The van der Waals surface area contributed by atoms with Gasteiger partial charge in [-0.05, 0) is 106 Å². The number of methoxy groups -OCH3 is 2. The first kappa shape index (κ1) is 40.8. The molecule has 1 aromatic carbocycles. The maximum atomic E-state index is 13.6. The first-order valence-corrected chi connectivity index (χ1v) is 22.8. The smallest absolute Gasteiger partial charge is 0.259 e. The molecule has 3 atom stereocenters. The van der Waals surface area contributed by atoms with Gasteiger partial charge in [0.15, 0.2) is 0 Å². The highest BCUT2D eigenvalue weighted by atomic mass is 16.5. The van der Waals surface area contributed by atoms with Gasteiger partial charge in [0.05, 0.1) is 25.2 Å². The number of carbonyl (C=O) groups excluding carboxylic acids is 3. The molecule has 6 fully saturated rings. The van der Waals surface area contributed by atoms with Crippen molar-refractivity contribution in [3.8, 4) is 22.6 Å². The SMILES string of the molecule is COc1cc(-c2cn(C)c(=O)c3cnc(N4CCC4)cc23)cc(OC)c1CN1CCC(CN2CCC3(CC2)CN(C2=CC(C)C4CN(C5CCC(=O)NC5=O)C(=O)C4=C2)C3)CC1. The van der Waals surface area contributed by atoms with Crippen molar-refractivity contribution in [2.24, 2.45) is 30.2 Å². The number of nitrogens with zero attached hydrogens (tertiary/aromatic N) is 7. The number of benzene rings is 1. The van der Waals surface area contributed by atoms with E-state index in [-0.39, 0.29) is 41.5 Å². The fourth-order valence-electron chi connectivity index (χ4n) is 11.4. The molecular formula is C48H60N8O6. The van der Waals surface area contributed by atoms with E-state index in [1.54, 1.807) is 36.9 Å². The average Bonchev–Trinajstić information content (AvgIpc) is 3.57. The Bertz CT molecular complexity index is 2390. The standard InChI is InChI=1S/C48H60N8O6/c1-30-18-33(21-35-37(30)27-56(47(35)60)40-6-7-44(57)50-45(40)58)55-28-48(29-55)10-16-53(17-11-48)24-31-8-14-52(15-9-31)26-39-41(61-3)19-32(20-42(39)62-4)38-25-51(2)46(59)36-23-49-43(22-34(36)38)54-12-5-13-54/h18-23,25,30-31,37,40H,5-17,24,26-29H2,1-4H3,(H,50,57,58). The maximum Gasteiger partial charge on any atom is 0.259 e. The summed E-state index contributed by atoms with van der Waals surface area (Å²) in [6, 6.07) is 5.67. The van der Waals surface area contributed by atoms with Gasteiger partial charge in [0.1, 0.15) is 23.4 Å². The molecule has 1 N–H and O–H groups in total. The van der Waals surface area contributed by atoms with E-state index in [0.29, 0.717) is 29.7 Å². The number of hydrogen-bond acceptors (Lipinski definition) is 11. The maximum absolute atomic E-state index is 13.6. The quantitative estimate of drug-likeness (QED) is 0.295. The van der Waals surface area contributed by atoms with Crippen molar-refractivity contribution in [3.05, 3.63) is 69.9 Å². The molecule has 10 rings (SSSR count). The summed E-state index contributed by atoms with van der Waals surface area (Å²) in [7, 11) is 5.24. The van der Waals surface area contributed by atoms with Crippen molar-refractivity contribution >= 4 is 34.3 Å². The summed E-state index contributed by atoms with van der Waals surface area (Å²) in [5.41, 5.74) is 5.18. The Morgan fingerprint density at radius 3 is 2.26 bits per heavy atom. The van der Waals surface area contributed by atoms with Crippen molar-refractivity contribution in [1.29, 1.82) is 0 Å². The number of aryl methyl sites for hydroxylation is 1. The molecule has 0 radical (unpaired) electrons. The zero-order valence-corrected chi connectivity index (χ0v) is 36.7. The third-order valence-corrected chi connectivity index (χ3v) is 15.4. The van der Waals surface area contributed by atoms with Crippen LogP contribution < -0.4 is 25.2 Å². The van der Waals surface area contributed by atoms with Gasteiger partial charge in [-0.25, -0.2) is 4.98 Å². The number of pyridine rings is 2. The van der Waals surface area contributed by atoms with Gasteiger partial charge in [-0.15, -0.1) is 0 Å². The lowest BCUT2D eigenvalue weighted by atomic mass is 9.71. The van der Waals surface area contributed by atoms with Crippen LogP contribution in [0, 0.1) is 23.2 Å². The third-order valence-electron chi connectivity index (χ3n) is 15.4. The number of fused-ring (bicyclic) bond motifs is 2. The van der Waals surface area contributed by atoms with Crippen molar-refractivity contribution < 1.29 is 23.9 Å². The zero-order chi connectivity index (χ0) is 42.9. The van der Waals surface area contributed by atoms with E-state index in [1.807, 2.05) is 6.20 Å². The van der Waals surface area contributed by atoms with Crippen molar-refractivity contribution in [1.82, 2.24) is 34.5 Å². The van der Waals surface area contributed by atoms with Crippen LogP contribution in [0.15, 0.2) is 58.8 Å². The van der Waals surface area contributed by atoms with Gasteiger partial charge in [0.2, 0.25) is 11.8 Å². The second-order valence-corrected chi connectivity index (χ2v) is 19.2. The molecule has 3 amide bonds. The highest BCUT2D eigenvalue weighted by Gasteiger charge is 2.49. The number of imide groups is 1. The van der Waals surface area contributed by atoms with Crippen LogP contribution in [0.3, 0.4) is 0 Å². The summed E-state index contributed by atoms with van der Waals surface area (Å²) in [5, 5.41) is 3.91. The van der Waals surface area contributed by atoms with E-state index in [2.05, 4.69) is 67.2 Å². The summed E-state index contributed by atoms with van der Waals surface area (Å²) >= 11 is 0. The van der Waals surface area contributed by atoms with E-state index >= 15 is 0 Å². The van der Waals surface area contributed by atoms with Gasteiger partial charge in [0.25, 0.3) is 11.5 Å². The monoisotopic (exact) mass is 844 g/mol. The van der Waals surface area contributed by atoms with Crippen LogP contribution in [0.4, 0.5) is 5.82 Å². The predicted molar refractivity (Wildman–Crippen MR) is 237 cm³/mol. The normalized spacial score (nSPS) is 25.6. The number of nitrogens with one attached hydrogen (secondary N) is 1. The Kier molecular flexibility index (Phi) is 10.6. The Labute approximate surface area is 363 Å². The number of amides is 3. The molecule has 3 unspecified atom stereocenters. The number of likely N-dealkylation sites (tertiary alicyclic amines) is 4. The number of piperidine rings is 3. The average molecular weight is 845 g/mol. The van der Waals surface area contributed by atoms with Crippen LogP contribution >= 0.6 is 0 Å². The van der Waals surface area contributed by atoms with Crippen LogP contribution in [0.5, 0.6) is 11.5 Å². The molecule has 0 bridgehead atoms. The van der Waals surface area contributed by atoms with Gasteiger partial charge in [-0.2, -0.15) is 0 Å². The second kappa shape index (κ2) is 16.2. The second-order valence-electron chi connectivity index (χ2n) is 19.2. The minimum Gasteiger partial charge on any atom is -0.496 e. The zero-order valence-electron chi connectivity index (χ0n) is 36.7. The Morgan fingerprint density at radius 2 is 1.60 bits per heavy atom. The molecule has 1 spiro atoms. The molecule has 62 heavy (non-hydrogen) atoms. The van der Waals surface area contributed by atoms with E-state index in [9.17, 15) is 19.2 Å². The molecule has 14 heteroatoms. The molecule has 1 aliphatic carbocycles. The van der Waals surface area contributed by atoms with Gasteiger partial charge >= 0.3 is 0 Å². The topological polar surface area (TPSA) is 133 Å². The van der Waals surface area contributed by atoms with Crippen molar-refractivity contribution in [3.63, 3.8) is 0 Å². The van der Waals surface area contributed by atoms with Gasteiger partial charge in [-0.1, -0.05) is 13.0 Å². The molecule has 328 valence electrons. The summed E-state index contributed by atoms with van der Waals surface area (Å²) in [5.74, 6) is 2.80. The molecule has 0 saturated carbocycles. The molecule has 14 nitrogen and oxygen atoms in total. The molecule has 7 aliphatic rings. The Balaban J connectivity index is 0.727. The molecule has 2 aromatic heterocycles. The van der Waals surface area contributed by atoms with Crippen LogP contribution in [0.1, 0.15) is 57.4 Å². The molecular weight excluding hydrogens is 785 g/mol. The first-order chi connectivity index (χ1) is 30.0. The fraction of sp³-hybridized carbons (Fsp3) is 0.562. The fourth-order valence-corrected chi connectivity index (χ4v) is 11.4. The highest BCUT2D eigenvalue weighted by molar-refractivity contribution is 6.05. The Morgan fingerprint density at radius 1 is 0.871 bits per heavy atom. The van der Waals surface area contributed by atoms with Crippen LogP contribution in [0.2, 0.25) is 0 Å². The van der Waals surface area contributed by atoms with E-state index in [4.69, 9.17) is 9.47 Å². The molecule has 6 saturated heterocycles. The first-order valence-electron chi connectivity index (χ1n) is 22.8. The highest BCUT2D eigenvalue weighted by Crippen LogP contribution is 2.46. The number of aromatic nitrogens is 2. The molecule has 6 aliphatic heterocycles. The lowest BCUT2D eigenvalue weighted by Crippen LogP contribution is -2.60. The van der Waals surface area contributed by atoms with Crippen molar-refractivity contribution in [2.45, 2.75) is 64.5 Å². The Hall–Kier alpha value is -5.21. The van der Waals surface area contributed by atoms with Crippen LogP contribution in [-0.2, 0) is 28.0 Å². The minimum absolute atomic E-state index is 0.0490. The minimum atomic E-state index is -0.561. The number of anilines is 1. The van der Waals surface area contributed by atoms with Crippen molar-refractivity contribution in [2.75, 3.05) is 84.6 Å². The molecule has 8 heterocycles. The number of rotatable bonds is 10. The summed E-state index contributed by atoms with van der Waals surface area (Å²) < 4.78 is 13.7. The summed E-state index contributed by atoms with van der Waals surface area (Å²) in [6.45, 7) is 13.0. The number of hydrogen-bond donors (Lipinski definition) is 1. The number of allylic oxidation sites excluding steroid dienone is 2.